The Balaban J connectivity index is 1.39. The summed E-state index contributed by atoms with van der Waals surface area (Å²) in [6.07, 6.45) is 9.85. The van der Waals surface area contributed by atoms with Crippen molar-refractivity contribution < 1.29 is 0 Å². The Labute approximate surface area is 229 Å². The van der Waals surface area contributed by atoms with Crippen LogP contribution in [0.15, 0.2) is 127 Å². The molecule has 0 fully saturated rings. The van der Waals surface area contributed by atoms with Gasteiger partial charge in [-0.25, -0.2) is 0 Å². The number of aromatic nitrogens is 1. The maximum atomic E-state index is 6.70. The normalized spacial score (nSPS) is 17.5. The Hall–Kier alpha value is -4.54. The SMILES string of the molecule is CC1(n2c3ccccc3c3cc(-c4ccccc4)c(N)cc32)C=C(CN/C=C(\CN)c2ccccc2)C=CC1. The molecule has 0 spiro atoms. The molecule has 0 saturated heterocycles. The number of allylic oxidation sites excluding steroid dienone is 2. The van der Waals surface area contributed by atoms with E-state index in [-0.39, 0.29) is 5.54 Å². The Kier molecular flexibility index (Phi) is 6.55. The average Bonchev–Trinajstić information content (AvgIpc) is 3.30. The summed E-state index contributed by atoms with van der Waals surface area (Å²) in [5.74, 6) is 0. The van der Waals surface area contributed by atoms with E-state index in [1.807, 2.05) is 30.5 Å². The van der Waals surface area contributed by atoms with Gasteiger partial charge in [-0.05, 0) is 53.8 Å². The van der Waals surface area contributed by atoms with Crippen LogP contribution in [0.25, 0.3) is 38.5 Å². The maximum absolute atomic E-state index is 6.70. The molecular weight excluding hydrogens is 476 g/mol. The smallest absolute Gasteiger partial charge is 0.0646 e. The molecule has 5 aromatic rings. The van der Waals surface area contributed by atoms with E-state index in [4.69, 9.17) is 11.5 Å². The molecule has 1 aliphatic carbocycles. The predicted octanol–water partition coefficient (Wildman–Crippen LogP) is 7.23. The first-order valence-corrected chi connectivity index (χ1v) is 13.5. The fourth-order valence-electron chi connectivity index (χ4n) is 5.87. The molecule has 6 rings (SSSR count). The van der Waals surface area contributed by atoms with Crippen LogP contribution >= 0.6 is 0 Å². The van der Waals surface area contributed by atoms with Crippen molar-refractivity contribution in [2.75, 3.05) is 18.8 Å². The molecule has 5 N–H and O–H groups in total. The van der Waals surface area contributed by atoms with E-state index in [1.165, 1.54) is 21.9 Å². The standard InChI is InChI=1S/C35H34N4/c1-35(18-10-11-25(21-35)23-38-24-28(22-36)26-12-4-2-5-13-26)39-33-17-9-8-16-29(33)31-19-30(32(37)20-34(31)39)27-14-6-3-7-15-27/h2-17,19-21,24,38H,18,22-23,36-37H2,1H3/b28-24+. The van der Waals surface area contributed by atoms with Crippen molar-refractivity contribution in [1.29, 1.82) is 0 Å². The molecule has 0 amide bonds. The Bertz CT molecular complexity index is 1720. The second-order valence-corrected chi connectivity index (χ2v) is 10.5. The number of hydrogen-bond donors (Lipinski definition) is 3. The summed E-state index contributed by atoms with van der Waals surface area (Å²) < 4.78 is 2.47. The van der Waals surface area contributed by atoms with Gasteiger partial charge in [0.2, 0.25) is 0 Å². The lowest BCUT2D eigenvalue weighted by Gasteiger charge is -2.33. The van der Waals surface area contributed by atoms with Crippen molar-refractivity contribution in [1.82, 2.24) is 9.88 Å². The van der Waals surface area contributed by atoms with Gasteiger partial charge < -0.3 is 21.4 Å². The van der Waals surface area contributed by atoms with Crippen molar-refractivity contribution in [2.45, 2.75) is 18.9 Å². The number of anilines is 1. The summed E-state index contributed by atoms with van der Waals surface area (Å²) in [7, 11) is 0. The molecule has 0 radical (unpaired) electrons. The molecule has 1 aliphatic rings. The highest BCUT2D eigenvalue weighted by molar-refractivity contribution is 6.11. The molecule has 1 aromatic heterocycles. The van der Waals surface area contributed by atoms with E-state index >= 15 is 0 Å². The van der Waals surface area contributed by atoms with Crippen molar-refractivity contribution in [3.05, 3.63) is 133 Å². The van der Waals surface area contributed by atoms with Gasteiger partial charge >= 0.3 is 0 Å². The fourth-order valence-corrected chi connectivity index (χ4v) is 5.87. The topological polar surface area (TPSA) is 69.0 Å². The third kappa shape index (κ3) is 4.64. The molecule has 1 heterocycles. The van der Waals surface area contributed by atoms with Crippen LogP contribution < -0.4 is 16.8 Å². The zero-order valence-electron chi connectivity index (χ0n) is 22.3. The predicted molar refractivity (Wildman–Crippen MR) is 166 cm³/mol. The lowest BCUT2D eigenvalue weighted by Crippen LogP contribution is -2.30. The van der Waals surface area contributed by atoms with Gasteiger partial charge in [0, 0.05) is 46.8 Å². The number of hydrogen-bond acceptors (Lipinski definition) is 3. The van der Waals surface area contributed by atoms with Gasteiger partial charge in [0.25, 0.3) is 0 Å². The number of nitrogen functional groups attached to an aromatic ring is 1. The number of para-hydroxylation sites is 1. The second-order valence-electron chi connectivity index (χ2n) is 10.5. The molecule has 194 valence electrons. The van der Waals surface area contributed by atoms with Gasteiger partial charge in [0.15, 0.2) is 0 Å². The number of nitrogens with one attached hydrogen (secondary N) is 1. The summed E-state index contributed by atoms with van der Waals surface area (Å²) >= 11 is 0. The molecule has 4 aromatic carbocycles. The second kappa shape index (κ2) is 10.3. The quantitative estimate of drug-likeness (QED) is 0.202. The highest BCUT2D eigenvalue weighted by Crippen LogP contribution is 2.41. The molecule has 1 atom stereocenters. The van der Waals surface area contributed by atoms with E-state index < -0.39 is 0 Å². The summed E-state index contributed by atoms with van der Waals surface area (Å²) in [6, 6.07) is 33.8. The van der Waals surface area contributed by atoms with Crippen LogP contribution in [0.1, 0.15) is 18.9 Å². The molecule has 0 aliphatic heterocycles. The van der Waals surface area contributed by atoms with E-state index in [1.54, 1.807) is 0 Å². The molecule has 1 unspecified atom stereocenters. The van der Waals surface area contributed by atoms with Crippen molar-refractivity contribution in [3.8, 4) is 11.1 Å². The number of fused-ring (bicyclic) bond motifs is 3. The van der Waals surface area contributed by atoms with Gasteiger partial charge in [-0.15, -0.1) is 0 Å². The zero-order chi connectivity index (χ0) is 26.8. The first-order valence-electron chi connectivity index (χ1n) is 13.5. The maximum Gasteiger partial charge on any atom is 0.0646 e. The average molecular weight is 511 g/mol. The number of rotatable bonds is 7. The summed E-state index contributed by atoms with van der Waals surface area (Å²) in [4.78, 5) is 0. The number of benzene rings is 4. The van der Waals surface area contributed by atoms with Crippen LogP contribution in [0, 0.1) is 0 Å². The third-order valence-electron chi connectivity index (χ3n) is 7.75. The van der Waals surface area contributed by atoms with Crippen LogP contribution in [0.4, 0.5) is 5.69 Å². The van der Waals surface area contributed by atoms with Crippen LogP contribution in [0.5, 0.6) is 0 Å². The highest BCUT2D eigenvalue weighted by atomic mass is 15.1. The van der Waals surface area contributed by atoms with Gasteiger partial charge in [0.05, 0.1) is 11.1 Å². The van der Waals surface area contributed by atoms with Gasteiger partial charge in [0.1, 0.15) is 0 Å². The van der Waals surface area contributed by atoms with Gasteiger partial charge in [-0.2, -0.15) is 0 Å². The molecule has 4 nitrogen and oxygen atoms in total. The number of nitrogens with two attached hydrogens (primary N) is 2. The van der Waals surface area contributed by atoms with E-state index in [0.29, 0.717) is 6.54 Å². The van der Waals surface area contributed by atoms with E-state index in [9.17, 15) is 0 Å². The first-order chi connectivity index (χ1) is 19.1. The molecule has 0 bridgehead atoms. The van der Waals surface area contributed by atoms with E-state index in [2.05, 4.69) is 108 Å². The Morgan fingerprint density at radius 2 is 1.62 bits per heavy atom. The fraction of sp³-hybridized carbons (Fsp3) is 0.143. The van der Waals surface area contributed by atoms with Gasteiger partial charge in [-0.3, -0.25) is 0 Å². The molecule has 0 saturated carbocycles. The van der Waals surface area contributed by atoms with Crippen LogP contribution in [-0.2, 0) is 5.54 Å². The number of nitrogens with zero attached hydrogens (tertiary/aromatic N) is 1. The Morgan fingerprint density at radius 1 is 0.897 bits per heavy atom. The minimum Gasteiger partial charge on any atom is -0.398 e. The highest BCUT2D eigenvalue weighted by Gasteiger charge is 2.29. The molecule has 39 heavy (non-hydrogen) atoms. The van der Waals surface area contributed by atoms with Crippen LogP contribution in [0.2, 0.25) is 0 Å². The summed E-state index contributed by atoms with van der Waals surface area (Å²) in [6.45, 7) is 3.52. The van der Waals surface area contributed by atoms with Gasteiger partial charge in [-0.1, -0.05) is 97.1 Å². The van der Waals surface area contributed by atoms with Crippen LogP contribution in [0.3, 0.4) is 0 Å². The van der Waals surface area contributed by atoms with E-state index in [0.717, 1.165) is 46.4 Å². The summed E-state index contributed by atoms with van der Waals surface area (Å²) in [5, 5.41) is 5.97. The van der Waals surface area contributed by atoms with Crippen molar-refractivity contribution in [3.63, 3.8) is 0 Å². The monoisotopic (exact) mass is 510 g/mol. The first kappa shape index (κ1) is 24.8. The molecular formula is C35H34N4. The molecule has 4 heteroatoms. The minimum atomic E-state index is -0.242. The third-order valence-corrected chi connectivity index (χ3v) is 7.75. The minimum absolute atomic E-state index is 0.242. The van der Waals surface area contributed by atoms with Crippen molar-refractivity contribution in [2.24, 2.45) is 5.73 Å². The lowest BCUT2D eigenvalue weighted by molar-refractivity contribution is 0.433. The summed E-state index contributed by atoms with van der Waals surface area (Å²) in [5.41, 5.74) is 21.3. The zero-order valence-corrected chi connectivity index (χ0v) is 22.3. The van der Waals surface area contributed by atoms with Crippen LogP contribution in [-0.4, -0.2) is 17.7 Å². The van der Waals surface area contributed by atoms with Crippen molar-refractivity contribution >= 4 is 33.1 Å². The largest absolute Gasteiger partial charge is 0.398 e. The lowest BCUT2D eigenvalue weighted by atomic mass is 9.89. The Morgan fingerprint density at radius 3 is 2.38 bits per heavy atom.